The number of ether oxygens (including phenoxy) is 3. The summed E-state index contributed by atoms with van der Waals surface area (Å²) in [5, 5.41) is 0. The van der Waals surface area contributed by atoms with Crippen molar-refractivity contribution in [2.75, 3.05) is 31.8 Å². The largest absolute Gasteiger partial charge is 0.494 e. The van der Waals surface area contributed by atoms with Gasteiger partial charge in [-0.25, -0.2) is 4.79 Å². The molecule has 0 saturated carbocycles. The van der Waals surface area contributed by atoms with E-state index in [4.69, 9.17) is 14.2 Å². The fourth-order valence-corrected chi connectivity index (χ4v) is 3.40. The van der Waals surface area contributed by atoms with E-state index in [9.17, 15) is 4.79 Å². The molecular weight excluding hydrogens is 408 g/mol. The quantitative estimate of drug-likeness (QED) is 0.228. The van der Waals surface area contributed by atoms with Crippen molar-refractivity contribution in [3.05, 3.63) is 54.1 Å². The zero-order valence-electron chi connectivity index (χ0n) is 19.1. The summed E-state index contributed by atoms with van der Waals surface area (Å²) < 4.78 is 16.8. The van der Waals surface area contributed by atoms with Gasteiger partial charge in [-0.2, -0.15) is 11.8 Å². The predicted octanol–water partition coefficient (Wildman–Crippen LogP) is 6.63. The molecule has 0 heterocycles. The number of carbonyl (C=O) groups excluding carboxylic acids is 1. The van der Waals surface area contributed by atoms with Gasteiger partial charge in [-0.05, 0) is 55.0 Å². The fourth-order valence-electron chi connectivity index (χ4n) is 3.11. The molecular formula is C26H36O4S. The minimum Gasteiger partial charge on any atom is -0.494 e. The van der Waals surface area contributed by atoms with Gasteiger partial charge in [0, 0.05) is 5.75 Å². The molecule has 0 saturated heterocycles. The van der Waals surface area contributed by atoms with Crippen molar-refractivity contribution in [2.45, 2.75) is 52.1 Å². The van der Waals surface area contributed by atoms with Gasteiger partial charge >= 0.3 is 5.97 Å². The summed E-state index contributed by atoms with van der Waals surface area (Å²) in [5.41, 5.74) is 2.68. The van der Waals surface area contributed by atoms with Crippen LogP contribution in [0.25, 0.3) is 11.1 Å². The molecule has 5 heteroatoms. The van der Waals surface area contributed by atoms with Crippen LogP contribution >= 0.6 is 11.8 Å². The second-order valence-electron chi connectivity index (χ2n) is 7.65. The number of esters is 1. The first-order valence-electron chi connectivity index (χ1n) is 11.2. The molecule has 0 aliphatic carbocycles. The Balaban J connectivity index is 1.79. The predicted molar refractivity (Wildman–Crippen MR) is 130 cm³/mol. The van der Waals surface area contributed by atoms with Crippen LogP contribution < -0.4 is 4.74 Å². The lowest BCUT2D eigenvalue weighted by Gasteiger charge is -2.13. The molecule has 0 spiro atoms. The zero-order valence-corrected chi connectivity index (χ0v) is 19.9. The third kappa shape index (κ3) is 9.79. The summed E-state index contributed by atoms with van der Waals surface area (Å²) in [5.74, 6) is 1.51. The molecule has 2 aromatic carbocycles. The van der Waals surface area contributed by atoms with E-state index in [2.05, 4.69) is 6.92 Å². The standard InChI is InChI=1S/C26H36O4S/c1-4-5-6-7-8-17-29-25-15-13-23(14-16-25)22-9-11-24(12-10-22)26(27)30-21(2)20-28-18-19-31-3/h9-16,21H,4-8,17-20H2,1-3H3. The lowest BCUT2D eigenvalue weighted by Crippen LogP contribution is -2.21. The van der Waals surface area contributed by atoms with Crippen LogP contribution in [-0.4, -0.2) is 43.9 Å². The van der Waals surface area contributed by atoms with Crippen LogP contribution in [0.4, 0.5) is 0 Å². The number of thioether (sulfide) groups is 1. The van der Waals surface area contributed by atoms with Crippen LogP contribution in [-0.2, 0) is 9.47 Å². The van der Waals surface area contributed by atoms with E-state index in [0.717, 1.165) is 35.7 Å². The Bertz CT molecular complexity index is 743. The molecule has 4 nitrogen and oxygen atoms in total. The number of benzene rings is 2. The SMILES string of the molecule is CCCCCCCOc1ccc(-c2ccc(C(=O)OC(C)COCCSC)cc2)cc1. The first kappa shape index (κ1) is 25.3. The molecule has 0 aliphatic rings. The summed E-state index contributed by atoms with van der Waals surface area (Å²) in [6.45, 7) is 5.92. The van der Waals surface area contributed by atoms with E-state index in [0.29, 0.717) is 18.8 Å². The lowest BCUT2D eigenvalue weighted by molar-refractivity contribution is 0.00485. The van der Waals surface area contributed by atoms with Crippen molar-refractivity contribution in [3.63, 3.8) is 0 Å². The second-order valence-corrected chi connectivity index (χ2v) is 8.63. The normalized spacial score (nSPS) is 11.8. The van der Waals surface area contributed by atoms with Crippen molar-refractivity contribution >= 4 is 17.7 Å². The van der Waals surface area contributed by atoms with Crippen LogP contribution in [0.3, 0.4) is 0 Å². The van der Waals surface area contributed by atoms with E-state index < -0.39 is 0 Å². The molecule has 1 atom stereocenters. The summed E-state index contributed by atoms with van der Waals surface area (Å²) >= 11 is 1.73. The van der Waals surface area contributed by atoms with Crippen molar-refractivity contribution in [1.29, 1.82) is 0 Å². The third-order valence-corrected chi connectivity index (χ3v) is 5.49. The number of carbonyl (C=O) groups is 1. The highest BCUT2D eigenvalue weighted by atomic mass is 32.2. The average Bonchev–Trinajstić information content (AvgIpc) is 2.79. The molecule has 0 radical (unpaired) electrons. The highest BCUT2D eigenvalue weighted by Gasteiger charge is 2.12. The van der Waals surface area contributed by atoms with Crippen LogP contribution in [0, 0.1) is 0 Å². The Morgan fingerprint density at radius 2 is 1.55 bits per heavy atom. The first-order valence-corrected chi connectivity index (χ1v) is 12.6. The van der Waals surface area contributed by atoms with Crippen molar-refractivity contribution < 1.29 is 19.0 Å². The molecule has 2 aromatic rings. The van der Waals surface area contributed by atoms with Crippen LogP contribution in [0.1, 0.15) is 56.3 Å². The van der Waals surface area contributed by atoms with Crippen molar-refractivity contribution in [3.8, 4) is 16.9 Å². The molecule has 0 bridgehead atoms. The summed E-state index contributed by atoms with van der Waals surface area (Å²) in [6, 6.07) is 15.6. The Labute approximate surface area is 191 Å². The maximum atomic E-state index is 12.3. The summed E-state index contributed by atoms with van der Waals surface area (Å²) in [6.07, 6.45) is 7.94. The van der Waals surface area contributed by atoms with Gasteiger partial charge in [-0.15, -0.1) is 0 Å². The molecule has 31 heavy (non-hydrogen) atoms. The zero-order chi connectivity index (χ0) is 22.3. The van der Waals surface area contributed by atoms with Crippen LogP contribution in [0.5, 0.6) is 5.75 Å². The van der Waals surface area contributed by atoms with E-state index >= 15 is 0 Å². The molecule has 0 N–H and O–H groups in total. The van der Waals surface area contributed by atoms with E-state index in [-0.39, 0.29) is 12.1 Å². The van der Waals surface area contributed by atoms with Gasteiger partial charge in [0.05, 0.1) is 25.4 Å². The lowest BCUT2D eigenvalue weighted by atomic mass is 10.0. The topological polar surface area (TPSA) is 44.8 Å². The second kappa shape index (κ2) is 14.9. The molecule has 0 fully saturated rings. The highest BCUT2D eigenvalue weighted by Crippen LogP contribution is 2.23. The van der Waals surface area contributed by atoms with Gasteiger partial charge in [0.25, 0.3) is 0 Å². The summed E-state index contributed by atoms with van der Waals surface area (Å²) in [4.78, 5) is 12.3. The fraction of sp³-hybridized carbons (Fsp3) is 0.500. The van der Waals surface area contributed by atoms with Crippen LogP contribution in [0.2, 0.25) is 0 Å². The van der Waals surface area contributed by atoms with Gasteiger partial charge in [0.15, 0.2) is 0 Å². The Hall–Kier alpha value is -1.98. The molecule has 0 aromatic heterocycles. The molecule has 0 amide bonds. The maximum Gasteiger partial charge on any atom is 0.338 e. The van der Waals surface area contributed by atoms with Gasteiger partial charge < -0.3 is 14.2 Å². The Kier molecular flexibility index (Phi) is 12.2. The number of hydrogen-bond donors (Lipinski definition) is 0. The Morgan fingerprint density at radius 1 is 0.903 bits per heavy atom. The monoisotopic (exact) mass is 444 g/mol. The minimum atomic E-state index is -0.324. The number of rotatable bonds is 15. The van der Waals surface area contributed by atoms with Crippen molar-refractivity contribution in [1.82, 2.24) is 0 Å². The average molecular weight is 445 g/mol. The number of unbranched alkanes of at least 4 members (excludes halogenated alkanes) is 4. The molecule has 170 valence electrons. The molecule has 2 rings (SSSR count). The van der Waals surface area contributed by atoms with Gasteiger partial charge in [-0.3, -0.25) is 0 Å². The first-order chi connectivity index (χ1) is 15.1. The molecule has 0 aliphatic heterocycles. The third-order valence-electron chi connectivity index (χ3n) is 4.92. The summed E-state index contributed by atoms with van der Waals surface area (Å²) in [7, 11) is 0. The van der Waals surface area contributed by atoms with Gasteiger partial charge in [-0.1, -0.05) is 56.9 Å². The Morgan fingerprint density at radius 3 is 2.19 bits per heavy atom. The maximum absolute atomic E-state index is 12.3. The van der Waals surface area contributed by atoms with Crippen LogP contribution in [0.15, 0.2) is 48.5 Å². The molecule has 1 unspecified atom stereocenters. The van der Waals surface area contributed by atoms with Crippen molar-refractivity contribution in [2.24, 2.45) is 0 Å². The van der Waals surface area contributed by atoms with Gasteiger partial charge in [0.2, 0.25) is 0 Å². The van der Waals surface area contributed by atoms with Gasteiger partial charge in [0.1, 0.15) is 11.9 Å². The highest BCUT2D eigenvalue weighted by molar-refractivity contribution is 7.98. The minimum absolute atomic E-state index is 0.270. The van der Waals surface area contributed by atoms with E-state index in [1.54, 1.807) is 23.9 Å². The number of hydrogen-bond acceptors (Lipinski definition) is 5. The smallest absolute Gasteiger partial charge is 0.338 e. The van der Waals surface area contributed by atoms with E-state index in [1.807, 2.05) is 49.6 Å². The van der Waals surface area contributed by atoms with E-state index in [1.165, 1.54) is 25.7 Å².